The van der Waals surface area contributed by atoms with Gasteiger partial charge in [0.25, 0.3) is 0 Å². The molecule has 0 saturated carbocycles. The van der Waals surface area contributed by atoms with Crippen molar-refractivity contribution in [1.29, 1.82) is 0 Å². The summed E-state index contributed by atoms with van der Waals surface area (Å²) in [6, 6.07) is 8.18. The summed E-state index contributed by atoms with van der Waals surface area (Å²) in [6.45, 7) is 4.17. The van der Waals surface area contributed by atoms with Crippen molar-refractivity contribution < 1.29 is 0 Å². The van der Waals surface area contributed by atoms with E-state index in [0.717, 1.165) is 18.1 Å². The predicted octanol–water partition coefficient (Wildman–Crippen LogP) is 3.79. The van der Waals surface area contributed by atoms with Gasteiger partial charge in [-0.15, -0.1) is 0 Å². The zero-order valence-corrected chi connectivity index (χ0v) is 11.6. The second-order valence-corrected chi connectivity index (χ2v) is 5.20. The normalized spacial score (nSPS) is 12.7. The Hall–Kier alpha value is -0.180. The van der Waals surface area contributed by atoms with Gasteiger partial charge in [0.15, 0.2) is 0 Å². The molecule has 0 aromatic heterocycles. The van der Waals surface area contributed by atoms with Gasteiger partial charge in [-0.1, -0.05) is 36.7 Å². The Bertz CT molecular complexity index is 296. The van der Waals surface area contributed by atoms with Crippen LogP contribution in [0.15, 0.2) is 24.3 Å². The van der Waals surface area contributed by atoms with Crippen molar-refractivity contribution in [3.63, 3.8) is 0 Å². The average molecular weight is 258 g/mol. The summed E-state index contributed by atoms with van der Waals surface area (Å²) >= 11 is 8.14. The summed E-state index contributed by atoms with van der Waals surface area (Å²) in [5.41, 5.74) is 1.28. The lowest BCUT2D eigenvalue weighted by atomic mass is 9.96. The van der Waals surface area contributed by atoms with Crippen LogP contribution in [-0.4, -0.2) is 25.1 Å². The summed E-state index contributed by atoms with van der Waals surface area (Å²) in [5.74, 6) is 1.71. The first kappa shape index (κ1) is 13.9. The molecule has 0 radical (unpaired) electrons. The van der Waals surface area contributed by atoms with Gasteiger partial charge in [0, 0.05) is 11.6 Å². The average Bonchev–Trinajstić information content (AvgIpc) is 2.31. The monoisotopic (exact) mass is 257 g/mol. The van der Waals surface area contributed by atoms with Crippen LogP contribution in [0.4, 0.5) is 0 Å². The molecule has 1 aromatic carbocycles. The van der Waals surface area contributed by atoms with Gasteiger partial charge in [0.2, 0.25) is 0 Å². The van der Waals surface area contributed by atoms with E-state index in [0.29, 0.717) is 5.92 Å². The number of hydrogen-bond donors (Lipinski definition) is 1. The Morgan fingerprint density at radius 3 is 2.75 bits per heavy atom. The molecule has 1 aromatic rings. The van der Waals surface area contributed by atoms with Crippen molar-refractivity contribution >= 4 is 23.4 Å². The van der Waals surface area contributed by atoms with Crippen molar-refractivity contribution in [1.82, 2.24) is 5.32 Å². The molecule has 1 N–H and O–H groups in total. The minimum absolute atomic E-state index is 0.529. The van der Waals surface area contributed by atoms with Gasteiger partial charge < -0.3 is 5.32 Å². The molecule has 0 amide bonds. The van der Waals surface area contributed by atoms with Gasteiger partial charge in [-0.2, -0.15) is 11.8 Å². The maximum atomic E-state index is 6.24. The highest BCUT2D eigenvalue weighted by Gasteiger charge is 2.13. The van der Waals surface area contributed by atoms with Crippen LogP contribution in [0.2, 0.25) is 5.02 Å². The predicted molar refractivity (Wildman–Crippen MR) is 75.7 cm³/mol. The van der Waals surface area contributed by atoms with Gasteiger partial charge >= 0.3 is 0 Å². The van der Waals surface area contributed by atoms with Crippen LogP contribution in [0.3, 0.4) is 0 Å². The van der Waals surface area contributed by atoms with Crippen LogP contribution >= 0.6 is 23.4 Å². The molecule has 0 bridgehead atoms. The molecule has 90 valence electrons. The number of hydrogen-bond acceptors (Lipinski definition) is 2. The van der Waals surface area contributed by atoms with Gasteiger partial charge in [0.1, 0.15) is 0 Å². The first-order valence-electron chi connectivity index (χ1n) is 5.73. The maximum Gasteiger partial charge on any atom is 0.0441 e. The third-order valence-electron chi connectivity index (χ3n) is 2.66. The highest BCUT2D eigenvalue weighted by molar-refractivity contribution is 7.98. The van der Waals surface area contributed by atoms with E-state index in [1.807, 2.05) is 23.9 Å². The minimum Gasteiger partial charge on any atom is -0.316 e. The van der Waals surface area contributed by atoms with E-state index in [4.69, 9.17) is 11.6 Å². The molecule has 0 fully saturated rings. The van der Waals surface area contributed by atoms with Crippen molar-refractivity contribution in [2.45, 2.75) is 19.3 Å². The highest BCUT2D eigenvalue weighted by Crippen LogP contribution is 2.27. The Balaban J connectivity index is 2.70. The van der Waals surface area contributed by atoms with Crippen molar-refractivity contribution in [2.75, 3.05) is 25.1 Å². The summed E-state index contributed by atoms with van der Waals surface area (Å²) in [5, 5.41) is 4.31. The second kappa shape index (κ2) is 7.99. The van der Waals surface area contributed by atoms with E-state index in [-0.39, 0.29) is 0 Å². The molecule has 0 aliphatic heterocycles. The van der Waals surface area contributed by atoms with Crippen LogP contribution in [0, 0.1) is 0 Å². The molecule has 1 unspecified atom stereocenters. The van der Waals surface area contributed by atoms with Gasteiger partial charge in [-0.25, -0.2) is 0 Å². The summed E-state index contributed by atoms with van der Waals surface area (Å²) in [7, 11) is 0. The van der Waals surface area contributed by atoms with E-state index in [2.05, 4.69) is 30.6 Å². The first-order valence-corrected chi connectivity index (χ1v) is 7.50. The summed E-state index contributed by atoms with van der Waals surface area (Å²) < 4.78 is 0. The molecular formula is C13H20ClNS. The van der Waals surface area contributed by atoms with E-state index in [1.54, 1.807) is 0 Å². The zero-order chi connectivity index (χ0) is 11.8. The van der Waals surface area contributed by atoms with Crippen LogP contribution < -0.4 is 5.32 Å². The molecule has 1 atom stereocenters. The SMILES string of the molecule is CCNCC(CCSC)c1ccccc1Cl. The fourth-order valence-corrected chi connectivity index (χ4v) is 2.56. The highest BCUT2D eigenvalue weighted by atomic mass is 35.5. The lowest BCUT2D eigenvalue weighted by Gasteiger charge is -2.18. The molecule has 0 spiro atoms. The Morgan fingerprint density at radius 2 is 2.12 bits per heavy atom. The molecule has 1 nitrogen and oxygen atoms in total. The second-order valence-electron chi connectivity index (χ2n) is 3.81. The Morgan fingerprint density at radius 1 is 1.38 bits per heavy atom. The van der Waals surface area contributed by atoms with Crippen molar-refractivity contribution in [3.05, 3.63) is 34.9 Å². The molecular weight excluding hydrogens is 238 g/mol. The standard InChI is InChI=1S/C13H20ClNS/c1-3-15-10-11(8-9-16-2)12-6-4-5-7-13(12)14/h4-7,11,15H,3,8-10H2,1-2H3. The van der Waals surface area contributed by atoms with E-state index in [9.17, 15) is 0 Å². The maximum absolute atomic E-state index is 6.24. The fourth-order valence-electron chi connectivity index (χ4n) is 1.75. The van der Waals surface area contributed by atoms with Crippen LogP contribution in [0.1, 0.15) is 24.8 Å². The molecule has 3 heteroatoms. The van der Waals surface area contributed by atoms with Gasteiger partial charge in [-0.3, -0.25) is 0 Å². The number of nitrogens with one attached hydrogen (secondary N) is 1. The minimum atomic E-state index is 0.529. The van der Waals surface area contributed by atoms with Crippen LogP contribution in [0.5, 0.6) is 0 Å². The van der Waals surface area contributed by atoms with Crippen molar-refractivity contribution in [3.8, 4) is 0 Å². The number of halogens is 1. The number of likely N-dealkylation sites (N-methyl/N-ethyl adjacent to an activating group) is 1. The molecule has 16 heavy (non-hydrogen) atoms. The molecule has 0 saturated heterocycles. The van der Waals surface area contributed by atoms with E-state index in [1.165, 1.54) is 17.7 Å². The Kier molecular flexibility index (Phi) is 6.93. The topological polar surface area (TPSA) is 12.0 Å². The Labute approximate surface area is 108 Å². The summed E-state index contributed by atoms with van der Waals surface area (Å²) in [4.78, 5) is 0. The number of rotatable bonds is 7. The smallest absolute Gasteiger partial charge is 0.0441 e. The summed E-state index contributed by atoms with van der Waals surface area (Å²) in [6.07, 6.45) is 3.33. The van der Waals surface area contributed by atoms with Gasteiger partial charge in [0.05, 0.1) is 0 Å². The van der Waals surface area contributed by atoms with Crippen molar-refractivity contribution in [2.24, 2.45) is 0 Å². The zero-order valence-electron chi connectivity index (χ0n) is 10.0. The van der Waals surface area contributed by atoms with Crippen LogP contribution in [0.25, 0.3) is 0 Å². The lowest BCUT2D eigenvalue weighted by Crippen LogP contribution is -2.21. The van der Waals surface area contributed by atoms with Gasteiger partial charge in [-0.05, 0) is 42.5 Å². The van der Waals surface area contributed by atoms with E-state index >= 15 is 0 Å². The van der Waals surface area contributed by atoms with E-state index < -0.39 is 0 Å². The fraction of sp³-hybridized carbons (Fsp3) is 0.538. The molecule has 0 aliphatic rings. The van der Waals surface area contributed by atoms with Crippen LogP contribution in [-0.2, 0) is 0 Å². The molecule has 0 aliphatic carbocycles. The third-order valence-corrected chi connectivity index (χ3v) is 3.64. The molecule has 1 rings (SSSR count). The lowest BCUT2D eigenvalue weighted by molar-refractivity contribution is 0.587. The number of thioether (sulfide) groups is 1. The largest absolute Gasteiger partial charge is 0.316 e. The first-order chi connectivity index (χ1) is 7.79. The third kappa shape index (κ3) is 4.36. The quantitative estimate of drug-likeness (QED) is 0.798. The number of benzene rings is 1. The molecule has 0 heterocycles.